The third-order valence-corrected chi connectivity index (χ3v) is 4.94. The highest BCUT2D eigenvalue weighted by Crippen LogP contribution is 2.28. The molecule has 0 radical (unpaired) electrons. The molecule has 1 fully saturated rings. The first kappa shape index (κ1) is 13.1. The summed E-state index contributed by atoms with van der Waals surface area (Å²) in [5.41, 5.74) is 0. The van der Waals surface area contributed by atoms with Crippen LogP contribution >= 0.6 is 23.2 Å². The zero-order chi connectivity index (χ0) is 12.6. The van der Waals surface area contributed by atoms with Crippen molar-refractivity contribution in [1.82, 2.24) is 4.72 Å². The summed E-state index contributed by atoms with van der Waals surface area (Å²) in [5, 5.41) is 0.00586. The fourth-order valence-electron chi connectivity index (χ4n) is 1.61. The Morgan fingerprint density at radius 3 is 2.59 bits per heavy atom. The maximum atomic E-state index is 13.0. The first-order chi connectivity index (χ1) is 7.88. The Labute approximate surface area is 109 Å². The molecule has 1 aromatic carbocycles. The van der Waals surface area contributed by atoms with Gasteiger partial charge in [-0.2, -0.15) is 0 Å². The van der Waals surface area contributed by atoms with E-state index < -0.39 is 15.8 Å². The molecule has 0 spiro atoms. The van der Waals surface area contributed by atoms with Gasteiger partial charge < -0.3 is 0 Å². The average molecular weight is 298 g/mol. The number of hydrogen-bond acceptors (Lipinski definition) is 2. The Kier molecular flexibility index (Phi) is 3.63. The number of rotatable bonds is 3. The van der Waals surface area contributed by atoms with Crippen molar-refractivity contribution in [2.75, 3.05) is 0 Å². The molecule has 0 unspecified atom stereocenters. The summed E-state index contributed by atoms with van der Waals surface area (Å²) < 4.78 is 39.3. The Bertz CT molecular complexity index is 529. The molecule has 0 aliphatic heterocycles. The van der Waals surface area contributed by atoms with Gasteiger partial charge in [-0.15, -0.1) is 11.6 Å². The van der Waals surface area contributed by atoms with Crippen molar-refractivity contribution in [2.24, 2.45) is 0 Å². The van der Waals surface area contributed by atoms with Crippen molar-refractivity contribution in [3.63, 3.8) is 0 Å². The molecular formula is C10H10Cl2FNO2S. The van der Waals surface area contributed by atoms with E-state index in [0.717, 1.165) is 12.1 Å². The normalized spacial score (nSPS) is 24.4. The lowest BCUT2D eigenvalue weighted by Crippen LogP contribution is -2.44. The second-order valence-electron chi connectivity index (χ2n) is 3.96. The first-order valence-electron chi connectivity index (χ1n) is 5.00. The quantitative estimate of drug-likeness (QED) is 0.872. The van der Waals surface area contributed by atoms with E-state index in [2.05, 4.69) is 4.72 Å². The molecule has 94 valence electrons. The van der Waals surface area contributed by atoms with Gasteiger partial charge in [0.05, 0.1) is 5.02 Å². The monoisotopic (exact) mass is 297 g/mol. The molecule has 0 bridgehead atoms. The molecule has 1 aliphatic rings. The van der Waals surface area contributed by atoms with Gasteiger partial charge in [0.2, 0.25) is 10.0 Å². The second-order valence-corrected chi connectivity index (χ2v) is 6.67. The topological polar surface area (TPSA) is 46.2 Å². The number of halogens is 3. The minimum atomic E-state index is -3.78. The van der Waals surface area contributed by atoms with E-state index >= 15 is 0 Å². The van der Waals surface area contributed by atoms with Crippen LogP contribution < -0.4 is 4.72 Å². The molecule has 0 aromatic heterocycles. The lowest BCUT2D eigenvalue weighted by Gasteiger charge is -2.31. The van der Waals surface area contributed by atoms with Crippen LogP contribution in [-0.2, 0) is 10.0 Å². The van der Waals surface area contributed by atoms with Crippen molar-refractivity contribution in [3.8, 4) is 0 Å². The Hall–Kier alpha value is -0.360. The van der Waals surface area contributed by atoms with Crippen LogP contribution in [0.2, 0.25) is 5.02 Å². The molecular weight excluding hydrogens is 288 g/mol. The maximum Gasteiger partial charge on any atom is 0.242 e. The van der Waals surface area contributed by atoms with Crippen molar-refractivity contribution in [2.45, 2.75) is 29.2 Å². The minimum Gasteiger partial charge on any atom is -0.208 e. The molecule has 0 atom stereocenters. The molecule has 0 amide bonds. The molecule has 1 aliphatic carbocycles. The fraction of sp³-hybridized carbons (Fsp3) is 0.400. The predicted octanol–water partition coefficient (Wildman–Crippen LogP) is 2.53. The molecule has 2 rings (SSSR count). The van der Waals surface area contributed by atoms with Crippen LogP contribution in [0.25, 0.3) is 0 Å². The van der Waals surface area contributed by atoms with Crippen molar-refractivity contribution in [3.05, 3.63) is 29.0 Å². The van der Waals surface area contributed by atoms with Gasteiger partial charge in [0, 0.05) is 11.4 Å². The lowest BCUT2D eigenvalue weighted by molar-refractivity contribution is 0.391. The molecule has 3 nitrogen and oxygen atoms in total. The van der Waals surface area contributed by atoms with E-state index in [1.54, 1.807) is 0 Å². The predicted molar refractivity (Wildman–Crippen MR) is 64.4 cm³/mol. The molecule has 17 heavy (non-hydrogen) atoms. The third kappa shape index (κ3) is 2.91. The zero-order valence-electron chi connectivity index (χ0n) is 8.66. The second kappa shape index (κ2) is 4.72. The Balaban J connectivity index is 2.22. The van der Waals surface area contributed by atoms with Crippen LogP contribution in [-0.4, -0.2) is 19.8 Å². The summed E-state index contributed by atoms with van der Waals surface area (Å²) in [6.07, 6.45) is 1.15. The smallest absolute Gasteiger partial charge is 0.208 e. The van der Waals surface area contributed by atoms with Gasteiger partial charge in [-0.25, -0.2) is 17.5 Å². The summed E-state index contributed by atoms with van der Waals surface area (Å²) in [5.74, 6) is -0.640. The minimum absolute atomic E-state index is 0.000599. The van der Waals surface area contributed by atoms with Gasteiger partial charge in [-0.3, -0.25) is 0 Å². The van der Waals surface area contributed by atoms with Crippen molar-refractivity contribution < 1.29 is 12.8 Å². The van der Waals surface area contributed by atoms with Gasteiger partial charge in [0.15, 0.2) is 0 Å². The highest BCUT2D eigenvalue weighted by Gasteiger charge is 2.32. The molecule has 1 N–H and O–H groups in total. The summed E-state index contributed by atoms with van der Waals surface area (Å²) in [7, 11) is -3.78. The van der Waals surface area contributed by atoms with Crippen LogP contribution in [0.1, 0.15) is 12.8 Å². The van der Waals surface area contributed by atoms with E-state index in [1.807, 2.05) is 0 Å². The van der Waals surface area contributed by atoms with Gasteiger partial charge in [0.1, 0.15) is 10.7 Å². The SMILES string of the molecule is O=S(=O)(NC1CC(Cl)C1)c1cc(F)ccc1Cl. The molecule has 0 saturated heterocycles. The number of alkyl halides is 1. The summed E-state index contributed by atoms with van der Waals surface area (Å²) >= 11 is 11.5. The Morgan fingerprint density at radius 1 is 1.35 bits per heavy atom. The summed E-state index contributed by atoms with van der Waals surface area (Å²) in [6.45, 7) is 0. The maximum absolute atomic E-state index is 13.0. The van der Waals surface area contributed by atoms with Gasteiger partial charge in [0.25, 0.3) is 0 Å². The van der Waals surface area contributed by atoms with Crippen LogP contribution in [0, 0.1) is 5.82 Å². The van der Waals surface area contributed by atoms with E-state index in [0.29, 0.717) is 12.8 Å². The summed E-state index contributed by atoms with van der Waals surface area (Å²) in [6, 6.07) is 3.04. The number of sulfonamides is 1. The van der Waals surface area contributed by atoms with Crippen LogP contribution in [0.3, 0.4) is 0 Å². The summed E-state index contributed by atoms with van der Waals surface area (Å²) in [4.78, 5) is -0.239. The molecule has 7 heteroatoms. The molecule has 0 heterocycles. The van der Waals surface area contributed by atoms with E-state index in [1.165, 1.54) is 6.07 Å². The zero-order valence-corrected chi connectivity index (χ0v) is 11.0. The lowest BCUT2D eigenvalue weighted by atomic mass is 9.94. The number of nitrogens with one attached hydrogen (secondary N) is 1. The van der Waals surface area contributed by atoms with Gasteiger partial charge in [-0.1, -0.05) is 11.6 Å². The van der Waals surface area contributed by atoms with Crippen LogP contribution in [0.5, 0.6) is 0 Å². The van der Waals surface area contributed by atoms with Crippen molar-refractivity contribution >= 4 is 33.2 Å². The molecule has 1 saturated carbocycles. The first-order valence-corrected chi connectivity index (χ1v) is 7.30. The van der Waals surface area contributed by atoms with E-state index in [-0.39, 0.29) is 21.3 Å². The van der Waals surface area contributed by atoms with Gasteiger partial charge >= 0.3 is 0 Å². The largest absolute Gasteiger partial charge is 0.242 e. The van der Waals surface area contributed by atoms with Crippen LogP contribution in [0.15, 0.2) is 23.1 Å². The van der Waals surface area contributed by atoms with Crippen LogP contribution in [0.4, 0.5) is 4.39 Å². The number of hydrogen-bond donors (Lipinski definition) is 1. The van der Waals surface area contributed by atoms with Gasteiger partial charge in [-0.05, 0) is 31.0 Å². The van der Waals surface area contributed by atoms with E-state index in [4.69, 9.17) is 23.2 Å². The highest BCUT2D eigenvalue weighted by atomic mass is 35.5. The Morgan fingerprint density at radius 2 is 2.00 bits per heavy atom. The van der Waals surface area contributed by atoms with E-state index in [9.17, 15) is 12.8 Å². The van der Waals surface area contributed by atoms with Crippen molar-refractivity contribution in [1.29, 1.82) is 0 Å². The highest BCUT2D eigenvalue weighted by molar-refractivity contribution is 7.89. The molecule has 1 aromatic rings. The standard InChI is InChI=1S/C10H10Cl2FNO2S/c11-6-3-8(4-6)14-17(15,16)10-5-7(13)1-2-9(10)12/h1-2,5-6,8,14H,3-4H2. The average Bonchev–Trinajstić information content (AvgIpc) is 2.19. The fourth-order valence-corrected chi connectivity index (χ4v) is 3.81. The third-order valence-electron chi connectivity index (χ3n) is 2.59. The number of benzene rings is 1.